The third-order valence-electron chi connectivity index (χ3n) is 3.39. The molecule has 1 saturated carbocycles. The highest BCUT2D eigenvalue weighted by molar-refractivity contribution is 7.99. The van der Waals surface area contributed by atoms with Crippen molar-refractivity contribution in [3.05, 3.63) is 30.9 Å². The number of amides is 1. The van der Waals surface area contributed by atoms with Crippen molar-refractivity contribution in [2.75, 3.05) is 5.75 Å². The van der Waals surface area contributed by atoms with Crippen LogP contribution in [0, 0.1) is 0 Å². The quantitative estimate of drug-likeness (QED) is 0.849. The molecular weight excluding hydrogens is 274 g/mol. The first kappa shape index (κ1) is 13.2. The lowest BCUT2D eigenvalue weighted by molar-refractivity contribution is -0.119. The van der Waals surface area contributed by atoms with Gasteiger partial charge in [-0.1, -0.05) is 24.6 Å². The molecule has 1 amide bonds. The molecular formula is C13H17N5OS. The summed E-state index contributed by atoms with van der Waals surface area (Å²) in [6, 6.07) is 4.23. The molecule has 2 heterocycles. The fraction of sp³-hybridized carbons (Fsp3) is 0.462. The van der Waals surface area contributed by atoms with Gasteiger partial charge in [0.2, 0.25) is 11.1 Å². The molecule has 1 aliphatic rings. The molecule has 0 bridgehead atoms. The van der Waals surface area contributed by atoms with Crippen molar-refractivity contribution in [1.82, 2.24) is 24.9 Å². The maximum Gasteiger partial charge on any atom is 0.230 e. The van der Waals surface area contributed by atoms with Crippen LogP contribution in [0.4, 0.5) is 0 Å². The summed E-state index contributed by atoms with van der Waals surface area (Å²) in [7, 11) is 0. The summed E-state index contributed by atoms with van der Waals surface area (Å²) in [5.41, 5.74) is 0. The van der Waals surface area contributed by atoms with Gasteiger partial charge in [-0.25, -0.2) is 4.68 Å². The normalized spacial score (nSPS) is 15.6. The number of hydrogen-bond acceptors (Lipinski definition) is 4. The van der Waals surface area contributed by atoms with Crippen LogP contribution in [0.1, 0.15) is 25.7 Å². The highest BCUT2D eigenvalue weighted by Crippen LogP contribution is 2.19. The van der Waals surface area contributed by atoms with E-state index < -0.39 is 0 Å². The number of hydrogen-bond donors (Lipinski definition) is 1. The van der Waals surface area contributed by atoms with Gasteiger partial charge in [0.15, 0.2) is 0 Å². The lowest BCUT2D eigenvalue weighted by Gasteiger charge is -2.11. The highest BCUT2D eigenvalue weighted by atomic mass is 32.2. The average molecular weight is 291 g/mol. The molecule has 6 nitrogen and oxygen atoms in total. The number of thioether (sulfide) groups is 1. The third kappa shape index (κ3) is 3.04. The van der Waals surface area contributed by atoms with Crippen molar-refractivity contribution in [2.45, 2.75) is 36.9 Å². The molecule has 3 rings (SSSR count). The number of nitrogens with one attached hydrogen (secondary N) is 1. The number of nitrogens with zero attached hydrogens (tertiary/aromatic N) is 4. The summed E-state index contributed by atoms with van der Waals surface area (Å²) < 4.78 is 3.69. The first-order chi connectivity index (χ1) is 9.83. The van der Waals surface area contributed by atoms with Crippen molar-refractivity contribution in [3.8, 4) is 0 Å². The molecule has 2 aromatic rings. The fourth-order valence-electron chi connectivity index (χ4n) is 2.41. The Kier molecular flexibility index (Phi) is 4.05. The van der Waals surface area contributed by atoms with Crippen LogP contribution >= 0.6 is 11.8 Å². The Balaban J connectivity index is 1.56. The summed E-state index contributed by atoms with van der Waals surface area (Å²) in [5, 5.41) is 11.7. The predicted molar refractivity (Wildman–Crippen MR) is 76.4 cm³/mol. The zero-order valence-electron chi connectivity index (χ0n) is 11.1. The summed E-state index contributed by atoms with van der Waals surface area (Å²) in [6.07, 6.45) is 10.1. The molecule has 0 aliphatic heterocycles. The largest absolute Gasteiger partial charge is 0.353 e. The Morgan fingerprint density at radius 2 is 2.10 bits per heavy atom. The predicted octanol–water partition coefficient (Wildman–Crippen LogP) is 1.54. The van der Waals surface area contributed by atoms with E-state index >= 15 is 0 Å². The summed E-state index contributed by atoms with van der Waals surface area (Å²) in [4.78, 5) is 11.9. The van der Waals surface area contributed by atoms with Crippen molar-refractivity contribution >= 4 is 17.7 Å². The van der Waals surface area contributed by atoms with Crippen LogP contribution in [-0.2, 0) is 4.79 Å². The Morgan fingerprint density at radius 3 is 2.85 bits per heavy atom. The van der Waals surface area contributed by atoms with E-state index in [4.69, 9.17) is 0 Å². The molecule has 106 valence electrons. The number of aromatic nitrogens is 4. The van der Waals surface area contributed by atoms with E-state index in [0.717, 1.165) is 12.8 Å². The van der Waals surface area contributed by atoms with Crippen molar-refractivity contribution in [2.24, 2.45) is 0 Å². The molecule has 0 spiro atoms. The minimum atomic E-state index is 0.0731. The molecule has 2 aromatic heterocycles. The Hall–Kier alpha value is -1.76. The standard InChI is InChI=1S/C13H17N5OS/c19-12(15-11-5-1-2-6-11)9-20-13-16-14-10-18(13)17-7-3-4-8-17/h3-4,7-8,10-11H,1-2,5-6,9H2,(H,15,19). The van der Waals surface area contributed by atoms with Crippen LogP contribution in [0.15, 0.2) is 36.0 Å². The van der Waals surface area contributed by atoms with Gasteiger partial charge in [0.05, 0.1) is 5.75 Å². The molecule has 1 fully saturated rings. The zero-order chi connectivity index (χ0) is 13.8. The monoisotopic (exact) mass is 291 g/mol. The fourth-order valence-corrected chi connectivity index (χ4v) is 3.13. The number of rotatable bonds is 5. The SMILES string of the molecule is O=C(CSc1nncn1-n1cccc1)NC1CCCC1. The maximum atomic E-state index is 11.9. The molecule has 0 saturated heterocycles. The third-order valence-corrected chi connectivity index (χ3v) is 4.32. The molecule has 20 heavy (non-hydrogen) atoms. The van der Waals surface area contributed by atoms with Gasteiger partial charge in [0.1, 0.15) is 6.33 Å². The van der Waals surface area contributed by atoms with Gasteiger partial charge in [-0.2, -0.15) is 0 Å². The Labute approximate surface area is 121 Å². The smallest absolute Gasteiger partial charge is 0.230 e. The second-order valence-electron chi connectivity index (χ2n) is 4.86. The summed E-state index contributed by atoms with van der Waals surface area (Å²) >= 11 is 1.40. The van der Waals surface area contributed by atoms with Gasteiger partial charge >= 0.3 is 0 Å². The van der Waals surface area contributed by atoms with E-state index in [-0.39, 0.29) is 5.91 Å². The summed E-state index contributed by atoms with van der Waals surface area (Å²) in [6.45, 7) is 0. The van der Waals surface area contributed by atoms with Crippen LogP contribution in [0.3, 0.4) is 0 Å². The summed E-state index contributed by atoms with van der Waals surface area (Å²) in [5.74, 6) is 0.445. The van der Waals surface area contributed by atoms with E-state index in [1.165, 1.54) is 24.6 Å². The van der Waals surface area contributed by atoms with Crippen LogP contribution in [0.2, 0.25) is 0 Å². The zero-order valence-corrected chi connectivity index (χ0v) is 11.9. The van der Waals surface area contributed by atoms with Crippen molar-refractivity contribution < 1.29 is 4.79 Å². The van der Waals surface area contributed by atoms with E-state index in [1.807, 2.05) is 33.9 Å². The molecule has 0 atom stereocenters. The van der Waals surface area contributed by atoms with Gasteiger partial charge < -0.3 is 5.32 Å². The first-order valence-electron chi connectivity index (χ1n) is 6.79. The van der Waals surface area contributed by atoms with E-state index in [2.05, 4.69) is 15.5 Å². The van der Waals surface area contributed by atoms with Gasteiger partial charge in [0, 0.05) is 18.4 Å². The number of carbonyl (C=O) groups excluding carboxylic acids is 1. The molecule has 0 aromatic carbocycles. The van der Waals surface area contributed by atoms with Crippen molar-refractivity contribution in [1.29, 1.82) is 0 Å². The molecule has 0 unspecified atom stereocenters. The minimum Gasteiger partial charge on any atom is -0.353 e. The van der Waals surface area contributed by atoms with E-state index in [1.54, 1.807) is 6.33 Å². The van der Waals surface area contributed by atoms with E-state index in [9.17, 15) is 4.79 Å². The Bertz CT molecular complexity index is 559. The lowest BCUT2D eigenvalue weighted by atomic mass is 10.2. The first-order valence-corrected chi connectivity index (χ1v) is 7.77. The van der Waals surface area contributed by atoms with Crippen LogP contribution in [0.25, 0.3) is 0 Å². The average Bonchev–Trinajstić information content (AvgIpc) is 3.18. The van der Waals surface area contributed by atoms with Gasteiger partial charge in [-0.15, -0.1) is 10.2 Å². The van der Waals surface area contributed by atoms with Gasteiger partial charge in [-0.05, 0) is 25.0 Å². The van der Waals surface area contributed by atoms with Gasteiger partial charge in [-0.3, -0.25) is 9.47 Å². The Morgan fingerprint density at radius 1 is 1.35 bits per heavy atom. The van der Waals surface area contributed by atoms with Crippen LogP contribution in [-0.4, -0.2) is 37.3 Å². The van der Waals surface area contributed by atoms with Gasteiger partial charge in [0.25, 0.3) is 0 Å². The second-order valence-corrected chi connectivity index (χ2v) is 5.80. The highest BCUT2D eigenvalue weighted by Gasteiger charge is 2.17. The van der Waals surface area contributed by atoms with Crippen LogP contribution in [0.5, 0.6) is 0 Å². The lowest BCUT2D eigenvalue weighted by Crippen LogP contribution is -2.33. The van der Waals surface area contributed by atoms with E-state index in [0.29, 0.717) is 17.0 Å². The molecule has 0 radical (unpaired) electrons. The van der Waals surface area contributed by atoms with Crippen molar-refractivity contribution in [3.63, 3.8) is 0 Å². The molecule has 1 aliphatic carbocycles. The second kappa shape index (κ2) is 6.13. The number of carbonyl (C=O) groups is 1. The molecule has 1 N–H and O–H groups in total. The topological polar surface area (TPSA) is 64.7 Å². The molecule has 7 heteroatoms. The van der Waals surface area contributed by atoms with Crippen LogP contribution < -0.4 is 5.32 Å². The minimum absolute atomic E-state index is 0.0731. The maximum absolute atomic E-state index is 11.9.